The fourth-order valence-electron chi connectivity index (χ4n) is 2.00. The highest BCUT2D eigenvalue weighted by Crippen LogP contribution is 2.25. The number of hydrogen-bond donors (Lipinski definition) is 1. The number of benzene rings is 1. The maximum Gasteiger partial charge on any atom is 0.263 e. The number of aryl methyl sites for hydroxylation is 1. The molecule has 19 heavy (non-hydrogen) atoms. The van der Waals surface area contributed by atoms with E-state index in [1.807, 2.05) is 13.8 Å². The van der Waals surface area contributed by atoms with Gasteiger partial charge in [-0.15, -0.1) is 0 Å². The molecule has 1 aromatic carbocycles. The Morgan fingerprint density at radius 1 is 1.26 bits per heavy atom. The largest absolute Gasteiger partial charge is 0.383 e. The Bertz CT molecular complexity index is 574. The van der Waals surface area contributed by atoms with Gasteiger partial charge >= 0.3 is 0 Å². The van der Waals surface area contributed by atoms with Crippen LogP contribution in [0, 0.1) is 6.92 Å². The van der Waals surface area contributed by atoms with Gasteiger partial charge in [-0.25, -0.2) is 18.7 Å². The first-order valence-electron chi connectivity index (χ1n) is 6.04. The van der Waals surface area contributed by atoms with Gasteiger partial charge in [-0.05, 0) is 19.4 Å². The van der Waals surface area contributed by atoms with Gasteiger partial charge in [-0.2, -0.15) is 0 Å². The van der Waals surface area contributed by atoms with Crippen molar-refractivity contribution in [2.45, 2.75) is 26.7 Å². The van der Waals surface area contributed by atoms with Gasteiger partial charge in [-0.3, -0.25) is 0 Å². The van der Waals surface area contributed by atoms with Crippen LogP contribution in [0.4, 0.5) is 14.6 Å². The highest BCUT2D eigenvalue weighted by molar-refractivity contribution is 5.59. The Balaban J connectivity index is 2.50. The number of rotatable bonds is 3. The van der Waals surface area contributed by atoms with E-state index < -0.39 is 6.43 Å². The van der Waals surface area contributed by atoms with E-state index in [1.165, 1.54) is 12.1 Å². The Kier molecular flexibility index (Phi) is 3.74. The van der Waals surface area contributed by atoms with Crippen molar-refractivity contribution >= 4 is 5.82 Å². The van der Waals surface area contributed by atoms with Gasteiger partial charge < -0.3 is 5.73 Å². The summed E-state index contributed by atoms with van der Waals surface area (Å²) in [5, 5.41) is 0. The van der Waals surface area contributed by atoms with Crippen LogP contribution in [-0.4, -0.2) is 9.97 Å². The number of nitrogens with zero attached hydrogens (tertiary/aromatic N) is 2. The molecule has 0 saturated heterocycles. The predicted octanol–water partition coefficient (Wildman–Crippen LogP) is 3.53. The SMILES string of the molecule is CCc1c(C)nc(-c2cccc(C(F)F)c2)nc1N. The number of aromatic nitrogens is 2. The molecule has 0 saturated carbocycles. The first-order chi connectivity index (χ1) is 9.02. The second-order valence-electron chi connectivity index (χ2n) is 4.28. The van der Waals surface area contributed by atoms with E-state index in [2.05, 4.69) is 9.97 Å². The third kappa shape index (κ3) is 2.70. The summed E-state index contributed by atoms with van der Waals surface area (Å²) in [5.41, 5.74) is 8.06. The molecule has 2 aromatic rings. The van der Waals surface area contributed by atoms with E-state index in [-0.39, 0.29) is 5.56 Å². The zero-order chi connectivity index (χ0) is 14.0. The molecule has 2 N–H and O–H groups in total. The van der Waals surface area contributed by atoms with Crippen LogP contribution < -0.4 is 5.73 Å². The molecule has 3 nitrogen and oxygen atoms in total. The lowest BCUT2D eigenvalue weighted by Crippen LogP contribution is -2.04. The van der Waals surface area contributed by atoms with Gasteiger partial charge in [0.25, 0.3) is 6.43 Å². The highest BCUT2D eigenvalue weighted by atomic mass is 19.3. The molecule has 2 rings (SSSR count). The number of nitrogen functional groups attached to an aromatic ring is 1. The maximum absolute atomic E-state index is 12.7. The summed E-state index contributed by atoms with van der Waals surface area (Å²) in [7, 11) is 0. The third-order valence-corrected chi connectivity index (χ3v) is 3.00. The molecule has 0 atom stereocenters. The minimum atomic E-state index is -2.51. The minimum Gasteiger partial charge on any atom is -0.383 e. The van der Waals surface area contributed by atoms with Crippen molar-refractivity contribution in [2.75, 3.05) is 5.73 Å². The molecule has 0 aliphatic heterocycles. The number of alkyl halides is 2. The minimum absolute atomic E-state index is 0.0445. The van der Waals surface area contributed by atoms with Gasteiger partial charge in [0.1, 0.15) is 5.82 Å². The van der Waals surface area contributed by atoms with E-state index in [0.29, 0.717) is 17.2 Å². The van der Waals surface area contributed by atoms with Crippen molar-refractivity contribution in [3.63, 3.8) is 0 Å². The van der Waals surface area contributed by atoms with Gasteiger partial charge in [0.05, 0.1) is 0 Å². The Hall–Kier alpha value is -2.04. The quantitative estimate of drug-likeness (QED) is 0.921. The molecule has 1 heterocycles. The smallest absolute Gasteiger partial charge is 0.263 e. The van der Waals surface area contributed by atoms with Crippen molar-refractivity contribution in [2.24, 2.45) is 0 Å². The predicted molar refractivity (Wildman–Crippen MR) is 71.0 cm³/mol. The lowest BCUT2D eigenvalue weighted by Gasteiger charge is -2.09. The first-order valence-corrected chi connectivity index (χ1v) is 6.04. The molecule has 0 aliphatic carbocycles. The lowest BCUT2D eigenvalue weighted by atomic mass is 10.1. The van der Waals surface area contributed by atoms with Crippen LogP contribution in [0.1, 0.15) is 30.2 Å². The Labute approximate surface area is 110 Å². The molecule has 1 aromatic heterocycles. The molecule has 0 spiro atoms. The van der Waals surface area contributed by atoms with Crippen LogP contribution in [0.25, 0.3) is 11.4 Å². The molecule has 0 radical (unpaired) electrons. The normalized spacial score (nSPS) is 11.0. The van der Waals surface area contributed by atoms with Gasteiger partial charge in [0.2, 0.25) is 0 Å². The average Bonchev–Trinajstić information content (AvgIpc) is 2.38. The van der Waals surface area contributed by atoms with Crippen LogP contribution >= 0.6 is 0 Å². The monoisotopic (exact) mass is 263 g/mol. The summed E-state index contributed by atoms with van der Waals surface area (Å²) in [4.78, 5) is 8.54. The summed E-state index contributed by atoms with van der Waals surface area (Å²) >= 11 is 0. The van der Waals surface area contributed by atoms with Gasteiger partial charge in [0, 0.05) is 22.4 Å². The number of hydrogen-bond acceptors (Lipinski definition) is 3. The van der Waals surface area contributed by atoms with Crippen molar-refractivity contribution in [1.29, 1.82) is 0 Å². The second-order valence-corrected chi connectivity index (χ2v) is 4.28. The van der Waals surface area contributed by atoms with Gasteiger partial charge in [0.15, 0.2) is 5.82 Å². The summed E-state index contributed by atoms with van der Waals surface area (Å²) < 4.78 is 25.3. The Morgan fingerprint density at radius 3 is 2.58 bits per heavy atom. The molecule has 0 aliphatic rings. The van der Waals surface area contributed by atoms with Crippen LogP contribution in [0.15, 0.2) is 24.3 Å². The van der Waals surface area contributed by atoms with Gasteiger partial charge in [-0.1, -0.05) is 25.1 Å². The molecule has 100 valence electrons. The summed E-state index contributed by atoms with van der Waals surface area (Å²) in [6.45, 7) is 3.82. The van der Waals surface area contributed by atoms with Crippen molar-refractivity contribution in [1.82, 2.24) is 9.97 Å². The number of halogens is 2. The summed E-state index contributed by atoms with van der Waals surface area (Å²) in [6.07, 6.45) is -1.76. The zero-order valence-electron chi connectivity index (χ0n) is 10.8. The molecule has 0 amide bonds. The van der Waals surface area contributed by atoms with E-state index in [1.54, 1.807) is 12.1 Å². The van der Waals surface area contributed by atoms with E-state index >= 15 is 0 Å². The third-order valence-electron chi connectivity index (χ3n) is 3.00. The van der Waals surface area contributed by atoms with Crippen LogP contribution in [0.5, 0.6) is 0 Å². The summed E-state index contributed by atoms with van der Waals surface area (Å²) in [6, 6.07) is 6.04. The van der Waals surface area contributed by atoms with E-state index in [9.17, 15) is 8.78 Å². The highest BCUT2D eigenvalue weighted by Gasteiger charge is 2.12. The molecule has 5 heteroatoms. The first kappa shape index (κ1) is 13.4. The van der Waals surface area contributed by atoms with Crippen molar-refractivity contribution < 1.29 is 8.78 Å². The number of nitrogens with two attached hydrogens (primary N) is 1. The second kappa shape index (κ2) is 5.30. The molecule has 0 bridgehead atoms. The van der Waals surface area contributed by atoms with Crippen LogP contribution in [-0.2, 0) is 6.42 Å². The van der Waals surface area contributed by atoms with Crippen molar-refractivity contribution in [3.05, 3.63) is 41.1 Å². The fourth-order valence-corrected chi connectivity index (χ4v) is 2.00. The van der Waals surface area contributed by atoms with Crippen molar-refractivity contribution in [3.8, 4) is 11.4 Å². The van der Waals surface area contributed by atoms with E-state index in [0.717, 1.165) is 17.7 Å². The molecular weight excluding hydrogens is 248 g/mol. The molecular formula is C14H15F2N3. The summed E-state index contributed by atoms with van der Waals surface area (Å²) in [5.74, 6) is 0.794. The average molecular weight is 263 g/mol. The fraction of sp³-hybridized carbons (Fsp3) is 0.286. The molecule has 0 unspecified atom stereocenters. The maximum atomic E-state index is 12.7. The van der Waals surface area contributed by atoms with E-state index in [4.69, 9.17) is 5.73 Å². The zero-order valence-corrected chi connectivity index (χ0v) is 10.8. The topological polar surface area (TPSA) is 51.8 Å². The Morgan fingerprint density at radius 2 is 2.00 bits per heavy atom. The van der Waals surface area contributed by atoms with Crippen LogP contribution in [0.3, 0.4) is 0 Å². The number of anilines is 1. The standard InChI is InChI=1S/C14H15F2N3/c1-3-11-8(2)18-14(19-13(11)17)10-6-4-5-9(7-10)12(15)16/h4-7,12H,3H2,1-2H3,(H2,17,18,19). The lowest BCUT2D eigenvalue weighted by molar-refractivity contribution is 0.151. The van der Waals surface area contributed by atoms with Crippen LogP contribution in [0.2, 0.25) is 0 Å². The molecule has 0 fully saturated rings.